The zero-order valence-corrected chi connectivity index (χ0v) is 28.9. The lowest BCUT2D eigenvalue weighted by Gasteiger charge is -2.61. The number of aliphatic hydroxyl groups is 1. The molecule has 3 aliphatic rings. The minimum atomic E-state index is -1.63. The molecule has 11 nitrogen and oxygen atoms in total. The van der Waals surface area contributed by atoms with Crippen LogP contribution < -0.4 is 0 Å². The van der Waals surface area contributed by atoms with Gasteiger partial charge in [-0.05, 0) is 47.6 Å². The maximum absolute atomic E-state index is 13.1. The smallest absolute Gasteiger partial charge is 0.331 e. The first kappa shape index (κ1) is 36.6. The molecule has 0 radical (unpaired) electrons. The Morgan fingerprint density at radius 2 is 1.40 bits per heavy atom. The molecule has 4 rings (SSSR count). The van der Waals surface area contributed by atoms with E-state index in [1.54, 1.807) is 33.8 Å². The summed E-state index contributed by atoms with van der Waals surface area (Å²) in [5, 5.41) is 12.7. The zero-order valence-electron chi connectivity index (χ0n) is 28.9. The SMILES string of the molecule is C=C1[C@H]2C[C@]3(O)C[C@H](OC(C)=O)C(C)=C([C@@H](OC(C)=O)[C@H](OC(C)=O)[C@@]2(C)[C@@H](OC(C)=O)C[C@H]1OC(=O)C=Cc1ccccc1)C3(C)C. The Labute approximate surface area is 281 Å². The topological polar surface area (TPSA) is 152 Å². The maximum atomic E-state index is 13.1. The van der Waals surface area contributed by atoms with E-state index in [9.17, 15) is 29.1 Å². The van der Waals surface area contributed by atoms with Crippen LogP contribution in [0.15, 0.2) is 59.7 Å². The van der Waals surface area contributed by atoms with Crippen molar-refractivity contribution >= 4 is 35.9 Å². The molecule has 1 aromatic rings. The summed E-state index contributed by atoms with van der Waals surface area (Å²) >= 11 is 0. The van der Waals surface area contributed by atoms with Crippen molar-refractivity contribution in [1.82, 2.24) is 0 Å². The van der Waals surface area contributed by atoms with Gasteiger partial charge in [-0.2, -0.15) is 0 Å². The van der Waals surface area contributed by atoms with E-state index in [0.717, 1.165) is 5.56 Å². The van der Waals surface area contributed by atoms with Gasteiger partial charge in [0.2, 0.25) is 0 Å². The Bertz CT molecular complexity index is 1540. The summed E-state index contributed by atoms with van der Waals surface area (Å²) in [7, 11) is 0. The van der Waals surface area contributed by atoms with Crippen LogP contribution in [0.5, 0.6) is 0 Å². The minimum Gasteiger partial charge on any atom is -0.462 e. The standard InChI is InChI=1S/C37H46O11/c1-20-27-18-37(43)19-29(44-22(3)38)21(2)32(35(37,7)8)33(46-24(5)40)34(47-25(6)41)36(27,9)30(45-23(4)39)17-28(20)48-31(42)16-15-26-13-11-10-12-14-26/h10-16,27-30,33-34,43H,1,17-19H2,2-9H3/t27-,28-,29+,30+,33-,34+,36-,37+/m1/s1. The van der Waals surface area contributed by atoms with Crippen molar-refractivity contribution in [1.29, 1.82) is 0 Å². The van der Waals surface area contributed by atoms with Gasteiger partial charge in [0.25, 0.3) is 0 Å². The van der Waals surface area contributed by atoms with Gasteiger partial charge in [-0.1, -0.05) is 57.7 Å². The molecule has 260 valence electrons. The van der Waals surface area contributed by atoms with Crippen LogP contribution in [0.2, 0.25) is 0 Å². The van der Waals surface area contributed by atoms with E-state index in [0.29, 0.717) is 16.7 Å². The Kier molecular flexibility index (Phi) is 10.4. The summed E-state index contributed by atoms with van der Waals surface area (Å²) in [5.41, 5.74) is -1.98. The second kappa shape index (κ2) is 13.7. The van der Waals surface area contributed by atoms with E-state index in [4.69, 9.17) is 23.7 Å². The van der Waals surface area contributed by atoms with Crippen molar-refractivity contribution in [3.8, 4) is 0 Å². The lowest BCUT2D eigenvalue weighted by molar-refractivity contribution is -0.224. The number of carbonyl (C=O) groups excluding carboxylic acids is 5. The highest BCUT2D eigenvalue weighted by Gasteiger charge is 2.67. The molecule has 0 spiro atoms. The Morgan fingerprint density at radius 3 is 1.96 bits per heavy atom. The summed E-state index contributed by atoms with van der Waals surface area (Å²) in [6.45, 7) is 16.3. The van der Waals surface area contributed by atoms with Crippen LogP contribution in [-0.2, 0) is 47.7 Å². The van der Waals surface area contributed by atoms with Crippen molar-refractivity contribution in [2.24, 2.45) is 16.7 Å². The molecule has 0 aliphatic heterocycles. The predicted octanol–water partition coefficient (Wildman–Crippen LogP) is 4.80. The van der Waals surface area contributed by atoms with Crippen LogP contribution in [0, 0.1) is 16.7 Å². The van der Waals surface area contributed by atoms with Crippen LogP contribution in [0.1, 0.15) is 80.2 Å². The molecular formula is C37H46O11. The first-order valence-corrected chi connectivity index (χ1v) is 16.1. The number of ether oxygens (including phenoxy) is 5. The first-order valence-electron chi connectivity index (χ1n) is 16.1. The van der Waals surface area contributed by atoms with Gasteiger partial charge < -0.3 is 28.8 Å². The van der Waals surface area contributed by atoms with Crippen LogP contribution in [0.3, 0.4) is 0 Å². The normalized spacial score (nSPS) is 32.6. The van der Waals surface area contributed by atoms with Gasteiger partial charge in [-0.3, -0.25) is 19.2 Å². The molecule has 2 saturated carbocycles. The Balaban J connectivity index is 1.93. The fraction of sp³-hybridized carbons (Fsp3) is 0.541. The molecule has 8 atom stereocenters. The molecule has 11 heteroatoms. The van der Waals surface area contributed by atoms with Crippen molar-refractivity contribution < 1.29 is 52.8 Å². The number of rotatable bonds is 7. The van der Waals surface area contributed by atoms with Crippen LogP contribution in [0.25, 0.3) is 6.08 Å². The molecule has 2 fully saturated rings. The molecule has 0 heterocycles. The van der Waals surface area contributed by atoms with E-state index in [2.05, 4.69) is 6.58 Å². The van der Waals surface area contributed by atoms with Gasteiger partial charge in [-0.25, -0.2) is 4.79 Å². The van der Waals surface area contributed by atoms with Crippen molar-refractivity contribution in [2.45, 2.75) is 111 Å². The van der Waals surface area contributed by atoms with Crippen molar-refractivity contribution in [3.63, 3.8) is 0 Å². The predicted molar refractivity (Wildman–Crippen MR) is 174 cm³/mol. The monoisotopic (exact) mass is 666 g/mol. The average molecular weight is 667 g/mol. The second-order valence-corrected chi connectivity index (χ2v) is 13.8. The molecule has 2 bridgehead atoms. The molecule has 48 heavy (non-hydrogen) atoms. The molecular weight excluding hydrogens is 620 g/mol. The highest BCUT2D eigenvalue weighted by atomic mass is 16.6. The fourth-order valence-electron chi connectivity index (χ4n) is 7.95. The number of carbonyl (C=O) groups is 5. The minimum absolute atomic E-state index is 0.0116. The lowest BCUT2D eigenvalue weighted by Crippen LogP contribution is -2.68. The maximum Gasteiger partial charge on any atom is 0.331 e. The van der Waals surface area contributed by atoms with Crippen molar-refractivity contribution in [2.75, 3.05) is 0 Å². The van der Waals surface area contributed by atoms with E-state index >= 15 is 0 Å². The van der Waals surface area contributed by atoms with E-state index in [-0.39, 0.29) is 19.3 Å². The zero-order chi connectivity index (χ0) is 35.8. The summed E-state index contributed by atoms with van der Waals surface area (Å²) in [4.78, 5) is 63.6. The second-order valence-electron chi connectivity index (χ2n) is 13.8. The van der Waals surface area contributed by atoms with Gasteiger partial charge in [0, 0.05) is 52.0 Å². The third-order valence-electron chi connectivity index (χ3n) is 10.4. The number of benzene rings is 1. The molecule has 0 aromatic heterocycles. The number of esters is 5. The highest BCUT2D eigenvalue weighted by molar-refractivity contribution is 5.87. The number of fused-ring (bicyclic) bond motifs is 3. The quantitative estimate of drug-likeness (QED) is 0.185. The highest BCUT2D eigenvalue weighted by Crippen LogP contribution is 2.62. The van der Waals surface area contributed by atoms with E-state index < -0.39 is 82.7 Å². The van der Waals surface area contributed by atoms with Crippen LogP contribution >= 0.6 is 0 Å². The summed E-state index contributed by atoms with van der Waals surface area (Å²) in [6.07, 6.45) is -2.69. The largest absolute Gasteiger partial charge is 0.462 e. The lowest BCUT2D eigenvalue weighted by atomic mass is 9.48. The summed E-state index contributed by atoms with van der Waals surface area (Å²) in [5.74, 6) is -4.10. The van der Waals surface area contributed by atoms with Crippen LogP contribution in [-0.4, -0.2) is 71.1 Å². The third kappa shape index (κ3) is 6.97. The van der Waals surface area contributed by atoms with Gasteiger partial charge in [0.1, 0.15) is 18.3 Å². The van der Waals surface area contributed by atoms with Gasteiger partial charge in [0.05, 0.1) is 11.0 Å². The van der Waals surface area contributed by atoms with E-state index in [1.807, 2.05) is 30.3 Å². The van der Waals surface area contributed by atoms with Crippen LogP contribution in [0.4, 0.5) is 0 Å². The number of hydrogen-bond donors (Lipinski definition) is 1. The molecule has 0 amide bonds. The molecule has 1 aromatic carbocycles. The van der Waals surface area contributed by atoms with E-state index in [1.165, 1.54) is 33.8 Å². The number of hydrogen-bond acceptors (Lipinski definition) is 11. The summed E-state index contributed by atoms with van der Waals surface area (Å²) in [6, 6.07) is 9.18. The Hall–Kier alpha value is -4.25. The molecule has 0 saturated heterocycles. The van der Waals surface area contributed by atoms with Gasteiger partial charge >= 0.3 is 29.8 Å². The van der Waals surface area contributed by atoms with Gasteiger partial charge in [0.15, 0.2) is 12.2 Å². The fourth-order valence-corrected chi connectivity index (χ4v) is 7.95. The molecule has 0 unspecified atom stereocenters. The molecule has 1 N–H and O–H groups in total. The van der Waals surface area contributed by atoms with Crippen molar-refractivity contribution in [3.05, 3.63) is 65.3 Å². The average Bonchev–Trinajstić information content (AvgIpc) is 2.97. The third-order valence-corrected chi connectivity index (χ3v) is 10.4. The van der Waals surface area contributed by atoms with Gasteiger partial charge in [-0.15, -0.1) is 0 Å². The molecule has 3 aliphatic carbocycles. The Morgan fingerprint density at radius 1 is 0.812 bits per heavy atom. The first-order chi connectivity index (χ1) is 22.3. The summed E-state index contributed by atoms with van der Waals surface area (Å²) < 4.78 is 29.6.